The van der Waals surface area contributed by atoms with E-state index in [-0.39, 0.29) is 0 Å². The first-order valence-electron chi connectivity index (χ1n) is 3.66. The number of hydrogen-bond acceptors (Lipinski definition) is 2. The van der Waals surface area contributed by atoms with E-state index in [9.17, 15) is 0 Å². The second kappa shape index (κ2) is 4.21. The van der Waals surface area contributed by atoms with Gasteiger partial charge in [-0.3, -0.25) is 0 Å². The molecule has 0 saturated heterocycles. The van der Waals surface area contributed by atoms with Crippen molar-refractivity contribution in [2.75, 3.05) is 6.54 Å². The Morgan fingerprint density at radius 2 is 2.42 bits per heavy atom. The fourth-order valence-corrected chi connectivity index (χ4v) is 1.71. The van der Waals surface area contributed by atoms with E-state index in [0.717, 1.165) is 10.0 Å². The first kappa shape index (κ1) is 9.96. The van der Waals surface area contributed by atoms with Gasteiger partial charge in [0.05, 0.1) is 0 Å². The molecule has 12 heavy (non-hydrogen) atoms. The van der Waals surface area contributed by atoms with Gasteiger partial charge in [0, 0.05) is 10.7 Å². The predicted octanol–water partition coefficient (Wildman–Crippen LogP) is 2.56. The summed E-state index contributed by atoms with van der Waals surface area (Å²) >= 11 is 9.14. The zero-order valence-corrected chi connectivity index (χ0v) is 9.06. The number of pyridine rings is 1. The Balaban J connectivity index is 3.04. The minimum atomic E-state index is 0.305. The van der Waals surface area contributed by atoms with Gasteiger partial charge in [0.25, 0.3) is 0 Å². The summed E-state index contributed by atoms with van der Waals surface area (Å²) in [6.45, 7) is 2.66. The van der Waals surface area contributed by atoms with Crippen molar-refractivity contribution in [1.82, 2.24) is 4.98 Å². The maximum Gasteiger partial charge on any atom is 0.129 e. The van der Waals surface area contributed by atoms with Gasteiger partial charge in [-0.05, 0) is 40.0 Å². The molecule has 1 rings (SSSR count). The van der Waals surface area contributed by atoms with Crippen LogP contribution < -0.4 is 5.73 Å². The van der Waals surface area contributed by atoms with Crippen LogP contribution in [0.1, 0.15) is 18.4 Å². The first-order valence-corrected chi connectivity index (χ1v) is 4.83. The molecule has 1 aromatic heterocycles. The van der Waals surface area contributed by atoms with Crippen molar-refractivity contribution in [3.05, 3.63) is 27.5 Å². The van der Waals surface area contributed by atoms with Crippen LogP contribution in [0.25, 0.3) is 0 Å². The maximum atomic E-state index is 5.75. The van der Waals surface area contributed by atoms with Crippen molar-refractivity contribution in [1.29, 1.82) is 0 Å². The third-order valence-electron chi connectivity index (χ3n) is 1.74. The SMILES string of the molecule is CC(CN)c1cc(Cl)ncc1Br. The van der Waals surface area contributed by atoms with Crippen molar-refractivity contribution in [2.45, 2.75) is 12.8 Å². The largest absolute Gasteiger partial charge is 0.330 e. The summed E-state index contributed by atoms with van der Waals surface area (Å²) in [6.07, 6.45) is 1.70. The molecule has 0 bridgehead atoms. The Morgan fingerprint density at radius 1 is 1.75 bits per heavy atom. The molecule has 1 unspecified atom stereocenters. The highest BCUT2D eigenvalue weighted by Gasteiger charge is 2.08. The molecule has 1 atom stereocenters. The summed E-state index contributed by atoms with van der Waals surface area (Å²) in [6, 6.07) is 1.84. The summed E-state index contributed by atoms with van der Waals surface area (Å²) in [5, 5.41) is 0.508. The molecule has 4 heteroatoms. The third-order valence-corrected chi connectivity index (χ3v) is 2.61. The van der Waals surface area contributed by atoms with E-state index >= 15 is 0 Å². The summed E-state index contributed by atoms with van der Waals surface area (Å²) in [5.74, 6) is 0.305. The Morgan fingerprint density at radius 3 is 3.00 bits per heavy atom. The first-order chi connectivity index (χ1) is 5.65. The minimum Gasteiger partial charge on any atom is -0.330 e. The van der Waals surface area contributed by atoms with Gasteiger partial charge in [0.1, 0.15) is 5.15 Å². The fraction of sp³-hybridized carbons (Fsp3) is 0.375. The van der Waals surface area contributed by atoms with Crippen LogP contribution in [0.15, 0.2) is 16.7 Å². The predicted molar refractivity (Wildman–Crippen MR) is 54.4 cm³/mol. The van der Waals surface area contributed by atoms with E-state index in [4.69, 9.17) is 17.3 Å². The molecular weight excluding hydrogens is 239 g/mol. The van der Waals surface area contributed by atoms with E-state index in [2.05, 4.69) is 27.8 Å². The second-order valence-corrected chi connectivity index (χ2v) is 3.91. The highest BCUT2D eigenvalue weighted by Crippen LogP contribution is 2.25. The number of nitrogens with two attached hydrogens (primary N) is 1. The molecule has 0 amide bonds. The van der Waals surface area contributed by atoms with Crippen LogP contribution in [-0.2, 0) is 0 Å². The smallest absolute Gasteiger partial charge is 0.129 e. The van der Waals surface area contributed by atoms with E-state index in [1.54, 1.807) is 6.20 Å². The lowest BCUT2D eigenvalue weighted by molar-refractivity contribution is 0.768. The van der Waals surface area contributed by atoms with Gasteiger partial charge in [0.15, 0.2) is 0 Å². The zero-order valence-electron chi connectivity index (χ0n) is 6.72. The Labute approximate surface area is 85.3 Å². The average molecular weight is 250 g/mol. The monoisotopic (exact) mass is 248 g/mol. The number of rotatable bonds is 2. The summed E-state index contributed by atoms with van der Waals surface area (Å²) in [4.78, 5) is 3.93. The van der Waals surface area contributed by atoms with Crippen molar-refractivity contribution in [3.8, 4) is 0 Å². The minimum absolute atomic E-state index is 0.305. The fourth-order valence-electron chi connectivity index (χ4n) is 0.932. The normalized spacial score (nSPS) is 13.0. The molecule has 0 aliphatic carbocycles. The van der Waals surface area contributed by atoms with Gasteiger partial charge >= 0.3 is 0 Å². The van der Waals surface area contributed by atoms with E-state index in [1.807, 2.05) is 6.07 Å². The molecule has 0 aromatic carbocycles. The third kappa shape index (κ3) is 2.19. The summed E-state index contributed by atoms with van der Waals surface area (Å²) < 4.78 is 0.963. The molecule has 2 N–H and O–H groups in total. The highest BCUT2D eigenvalue weighted by molar-refractivity contribution is 9.10. The lowest BCUT2D eigenvalue weighted by Gasteiger charge is -2.10. The number of nitrogens with zero attached hydrogens (tertiary/aromatic N) is 1. The van der Waals surface area contributed by atoms with Gasteiger partial charge in [-0.15, -0.1) is 0 Å². The molecule has 0 radical (unpaired) electrons. The van der Waals surface area contributed by atoms with Crippen LogP contribution in [0.4, 0.5) is 0 Å². The molecule has 66 valence electrons. The molecule has 1 aromatic rings. The summed E-state index contributed by atoms with van der Waals surface area (Å²) in [5.41, 5.74) is 6.65. The van der Waals surface area contributed by atoms with Gasteiger partial charge < -0.3 is 5.73 Å². The van der Waals surface area contributed by atoms with Crippen LogP contribution >= 0.6 is 27.5 Å². The van der Waals surface area contributed by atoms with Crippen LogP contribution in [-0.4, -0.2) is 11.5 Å². The standard InChI is InChI=1S/C8H10BrClN2/c1-5(3-11)6-2-8(10)12-4-7(6)9/h2,4-5H,3,11H2,1H3. The van der Waals surface area contributed by atoms with E-state index in [1.165, 1.54) is 0 Å². The Hall–Kier alpha value is -0.120. The summed E-state index contributed by atoms with van der Waals surface area (Å²) in [7, 11) is 0. The topological polar surface area (TPSA) is 38.9 Å². The molecule has 0 aliphatic rings. The Bertz CT molecular complexity index is 278. The van der Waals surface area contributed by atoms with Crippen LogP contribution in [0, 0.1) is 0 Å². The molecule has 1 heterocycles. The molecule has 0 spiro atoms. The molecule has 2 nitrogen and oxygen atoms in total. The lowest BCUT2D eigenvalue weighted by Crippen LogP contribution is -2.09. The Kier molecular flexibility index (Phi) is 3.50. The zero-order chi connectivity index (χ0) is 9.14. The van der Waals surface area contributed by atoms with Crippen LogP contribution in [0.5, 0.6) is 0 Å². The molecule has 0 fully saturated rings. The highest BCUT2D eigenvalue weighted by atomic mass is 79.9. The second-order valence-electron chi connectivity index (χ2n) is 2.67. The van der Waals surface area contributed by atoms with Crippen molar-refractivity contribution >= 4 is 27.5 Å². The van der Waals surface area contributed by atoms with Crippen LogP contribution in [0.2, 0.25) is 5.15 Å². The quantitative estimate of drug-likeness (QED) is 0.818. The van der Waals surface area contributed by atoms with Gasteiger partial charge in [0.2, 0.25) is 0 Å². The molecule has 0 saturated carbocycles. The van der Waals surface area contributed by atoms with Crippen molar-refractivity contribution in [3.63, 3.8) is 0 Å². The van der Waals surface area contributed by atoms with Gasteiger partial charge in [-0.2, -0.15) is 0 Å². The number of halogens is 2. The van der Waals surface area contributed by atoms with Crippen molar-refractivity contribution in [2.24, 2.45) is 5.73 Å². The molecule has 0 aliphatic heterocycles. The number of hydrogen-bond donors (Lipinski definition) is 1. The average Bonchev–Trinajstić information content (AvgIpc) is 2.08. The van der Waals surface area contributed by atoms with E-state index < -0.39 is 0 Å². The number of aromatic nitrogens is 1. The lowest BCUT2D eigenvalue weighted by atomic mass is 10.0. The van der Waals surface area contributed by atoms with Gasteiger partial charge in [-0.25, -0.2) is 4.98 Å². The van der Waals surface area contributed by atoms with Crippen molar-refractivity contribution < 1.29 is 0 Å². The van der Waals surface area contributed by atoms with Gasteiger partial charge in [-0.1, -0.05) is 18.5 Å². The van der Waals surface area contributed by atoms with Crippen LogP contribution in [0.3, 0.4) is 0 Å². The maximum absolute atomic E-state index is 5.75. The molecular formula is C8H10BrClN2. The van der Waals surface area contributed by atoms with E-state index in [0.29, 0.717) is 17.6 Å².